The quantitative estimate of drug-likeness (QED) is 0.789. The van der Waals surface area contributed by atoms with Crippen LogP contribution in [0.1, 0.15) is 11.8 Å². The maximum atomic E-state index is 6.04. The molecule has 0 aliphatic carbocycles. The molecule has 0 amide bonds. The summed E-state index contributed by atoms with van der Waals surface area (Å²) in [5.74, 6) is 0. The van der Waals surface area contributed by atoms with Crippen LogP contribution in [-0.2, 0) is 16.0 Å². The highest BCUT2D eigenvalue weighted by Gasteiger charge is 2.35. The standard InChI is InChI=1S/C14H17N3O2/c1-2-4-11-10(3-1)13-14(12-9-18-7-5-15-12)19-8-6-17(13)16-11/h1-4,12,14-15H,5-9H2/p+1/t12-,14+/m0/s1. The van der Waals surface area contributed by atoms with E-state index in [0.29, 0.717) is 6.04 Å². The van der Waals surface area contributed by atoms with E-state index in [9.17, 15) is 0 Å². The Bertz CT molecular complexity index is 589. The number of aromatic nitrogens is 2. The van der Waals surface area contributed by atoms with E-state index < -0.39 is 0 Å². The Kier molecular flexibility index (Phi) is 2.76. The second-order valence-corrected chi connectivity index (χ2v) is 5.18. The van der Waals surface area contributed by atoms with E-state index in [1.807, 2.05) is 6.07 Å². The first-order valence-corrected chi connectivity index (χ1v) is 6.91. The van der Waals surface area contributed by atoms with Crippen molar-refractivity contribution >= 4 is 10.9 Å². The number of rotatable bonds is 1. The van der Waals surface area contributed by atoms with E-state index in [-0.39, 0.29) is 6.10 Å². The number of ether oxygens (including phenoxy) is 2. The molecule has 2 aromatic rings. The van der Waals surface area contributed by atoms with Crippen LogP contribution in [0.5, 0.6) is 0 Å². The minimum atomic E-state index is 0.0847. The molecule has 0 unspecified atom stereocenters. The van der Waals surface area contributed by atoms with E-state index >= 15 is 0 Å². The van der Waals surface area contributed by atoms with Crippen LogP contribution >= 0.6 is 0 Å². The van der Waals surface area contributed by atoms with Gasteiger partial charge >= 0.3 is 0 Å². The van der Waals surface area contributed by atoms with Gasteiger partial charge in [-0.25, -0.2) is 0 Å². The minimum absolute atomic E-state index is 0.0847. The minimum Gasteiger partial charge on any atom is -0.369 e. The average Bonchev–Trinajstić information content (AvgIpc) is 2.86. The fourth-order valence-electron chi connectivity index (χ4n) is 3.11. The molecule has 1 aromatic carbocycles. The van der Waals surface area contributed by atoms with Crippen molar-refractivity contribution in [3.8, 4) is 0 Å². The lowest BCUT2D eigenvalue weighted by Crippen LogP contribution is -2.95. The van der Waals surface area contributed by atoms with Crippen LogP contribution in [0.25, 0.3) is 10.9 Å². The first-order chi connectivity index (χ1) is 9.43. The zero-order chi connectivity index (χ0) is 12.7. The normalized spacial score (nSPS) is 27.4. The fourth-order valence-corrected chi connectivity index (χ4v) is 3.11. The molecule has 0 radical (unpaired) electrons. The molecule has 2 aliphatic rings. The summed E-state index contributed by atoms with van der Waals surface area (Å²) in [7, 11) is 0. The number of hydrogen-bond donors (Lipinski definition) is 1. The van der Waals surface area contributed by atoms with Crippen molar-refractivity contribution in [2.45, 2.75) is 18.7 Å². The predicted octanol–water partition coefficient (Wildman–Crippen LogP) is 0.0698. The summed E-state index contributed by atoms with van der Waals surface area (Å²) in [5.41, 5.74) is 2.28. The number of nitrogens with two attached hydrogens (primary N) is 1. The molecule has 4 rings (SSSR count). The molecule has 5 heteroatoms. The van der Waals surface area contributed by atoms with Gasteiger partial charge in [0, 0.05) is 5.39 Å². The van der Waals surface area contributed by atoms with Crippen LogP contribution in [0, 0.1) is 0 Å². The van der Waals surface area contributed by atoms with Crippen molar-refractivity contribution < 1.29 is 14.8 Å². The van der Waals surface area contributed by atoms with Gasteiger partial charge in [-0.15, -0.1) is 0 Å². The van der Waals surface area contributed by atoms with Crippen molar-refractivity contribution in [2.24, 2.45) is 0 Å². The molecule has 3 heterocycles. The summed E-state index contributed by atoms with van der Waals surface area (Å²) in [6.45, 7) is 4.17. The summed E-state index contributed by atoms with van der Waals surface area (Å²) in [4.78, 5) is 0. The van der Waals surface area contributed by atoms with E-state index in [1.54, 1.807) is 0 Å². The van der Waals surface area contributed by atoms with Gasteiger partial charge in [0.2, 0.25) is 0 Å². The topological polar surface area (TPSA) is 52.9 Å². The van der Waals surface area contributed by atoms with Gasteiger partial charge in [-0.1, -0.05) is 18.2 Å². The largest absolute Gasteiger partial charge is 0.369 e. The van der Waals surface area contributed by atoms with Crippen molar-refractivity contribution in [3.05, 3.63) is 30.0 Å². The average molecular weight is 260 g/mol. The van der Waals surface area contributed by atoms with Gasteiger partial charge in [0.1, 0.15) is 12.6 Å². The molecule has 1 saturated heterocycles. The van der Waals surface area contributed by atoms with Gasteiger partial charge in [-0.2, -0.15) is 5.10 Å². The van der Waals surface area contributed by atoms with Crippen LogP contribution in [0.4, 0.5) is 0 Å². The second kappa shape index (κ2) is 4.59. The highest BCUT2D eigenvalue weighted by molar-refractivity contribution is 5.82. The van der Waals surface area contributed by atoms with Crippen molar-refractivity contribution in [2.75, 3.05) is 26.4 Å². The number of morpholine rings is 1. The van der Waals surface area contributed by atoms with Crippen LogP contribution in [0.3, 0.4) is 0 Å². The number of fused-ring (bicyclic) bond motifs is 3. The molecular weight excluding hydrogens is 242 g/mol. The summed E-state index contributed by atoms with van der Waals surface area (Å²) >= 11 is 0. The Morgan fingerprint density at radius 2 is 2.21 bits per heavy atom. The summed E-state index contributed by atoms with van der Waals surface area (Å²) < 4.78 is 13.7. The van der Waals surface area contributed by atoms with Crippen LogP contribution in [0.2, 0.25) is 0 Å². The maximum absolute atomic E-state index is 6.04. The summed E-state index contributed by atoms with van der Waals surface area (Å²) in [5, 5.41) is 8.23. The lowest BCUT2D eigenvalue weighted by atomic mass is 10.0. The third kappa shape index (κ3) is 1.85. The molecule has 2 aliphatic heterocycles. The molecule has 0 bridgehead atoms. The molecule has 100 valence electrons. The summed E-state index contributed by atoms with van der Waals surface area (Å²) in [6, 6.07) is 8.65. The smallest absolute Gasteiger partial charge is 0.153 e. The van der Waals surface area contributed by atoms with Gasteiger partial charge in [-0.05, 0) is 6.07 Å². The van der Waals surface area contributed by atoms with Crippen molar-refractivity contribution in [3.63, 3.8) is 0 Å². The zero-order valence-corrected chi connectivity index (χ0v) is 10.8. The number of hydrogen-bond acceptors (Lipinski definition) is 3. The molecule has 2 N–H and O–H groups in total. The van der Waals surface area contributed by atoms with Gasteiger partial charge in [0.25, 0.3) is 0 Å². The van der Waals surface area contributed by atoms with Gasteiger partial charge in [-0.3, -0.25) is 4.68 Å². The maximum Gasteiger partial charge on any atom is 0.153 e. The molecule has 1 aromatic heterocycles. The van der Waals surface area contributed by atoms with Gasteiger partial charge < -0.3 is 14.8 Å². The number of quaternary nitrogens is 1. The second-order valence-electron chi connectivity index (χ2n) is 5.18. The van der Waals surface area contributed by atoms with E-state index in [2.05, 4.69) is 33.3 Å². The molecule has 2 atom stereocenters. The van der Waals surface area contributed by atoms with E-state index in [4.69, 9.17) is 9.47 Å². The Morgan fingerprint density at radius 3 is 3.11 bits per heavy atom. The fraction of sp³-hybridized carbons (Fsp3) is 0.500. The highest BCUT2D eigenvalue weighted by atomic mass is 16.5. The third-order valence-electron chi connectivity index (χ3n) is 3.99. The molecule has 19 heavy (non-hydrogen) atoms. The van der Waals surface area contributed by atoms with E-state index in [1.165, 1.54) is 11.1 Å². The number of benzene rings is 1. The lowest BCUT2D eigenvalue weighted by Gasteiger charge is -2.31. The van der Waals surface area contributed by atoms with Crippen LogP contribution in [-0.4, -0.2) is 42.2 Å². The molecule has 0 spiro atoms. The highest BCUT2D eigenvalue weighted by Crippen LogP contribution is 2.31. The SMILES string of the molecule is c1ccc2c3n(nc2c1)CCO[C@@H]3[C@@H]1COCC[NH2+]1. The first-order valence-electron chi connectivity index (χ1n) is 6.91. The van der Waals surface area contributed by atoms with Gasteiger partial charge in [0.05, 0.1) is 37.5 Å². The summed E-state index contributed by atoms with van der Waals surface area (Å²) in [6.07, 6.45) is 0.0847. The van der Waals surface area contributed by atoms with E-state index in [0.717, 1.165) is 38.4 Å². The van der Waals surface area contributed by atoms with Crippen LogP contribution < -0.4 is 5.32 Å². The first kappa shape index (κ1) is 11.4. The third-order valence-corrected chi connectivity index (χ3v) is 3.99. The predicted molar refractivity (Wildman–Crippen MR) is 69.8 cm³/mol. The lowest BCUT2D eigenvalue weighted by molar-refractivity contribution is -0.713. The van der Waals surface area contributed by atoms with Crippen molar-refractivity contribution in [1.29, 1.82) is 0 Å². The monoisotopic (exact) mass is 260 g/mol. The molecular formula is C14H18N3O2+. The Hall–Kier alpha value is -1.43. The Balaban J connectivity index is 1.80. The molecule has 0 saturated carbocycles. The molecule has 5 nitrogen and oxygen atoms in total. The van der Waals surface area contributed by atoms with Crippen molar-refractivity contribution in [1.82, 2.24) is 9.78 Å². The Labute approximate surface area is 111 Å². The van der Waals surface area contributed by atoms with Gasteiger partial charge in [0.15, 0.2) is 6.10 Å². The zero-order valence-electron chi connectivity index (χ0n) is 10.8. The van der Waals surface area contributed by atoms with Crippen LogP contribution in [0.15, 0.2) is 24.3 Å². The molecule has 1 fully saturated rings. The Morgan fingerprint density at radius 1 is 1.26 bits per heavy atom. The number of nitrogens with zero attached hydrogens (tertiary/aromatic N) is 2.